The molecule has 1 fully saturated rings. The lowest BCUT2D eigenvalue weighted by molar-refractivity contribution is 0.417. The molecule has 0 amide bonds. The smallest absolute Gasteiger partial charge is 0.193 e. The molecule has 6 nitrogen and oxygen atoms in total. The fourth-order valence-corrected chi connectivity index (χ4v) is 2.99. The lowest BCUT2D eigenvalue weighted by Gasteiger charge is -2.20. The van der Waals surface area contributed by atoms with Gasteiger partial charge in [0.2, 0.25) is 0 Å². The third-order valence-corrected chi connectivity index (χ3v) is 4.29. The van der Waals surface area contributed by atoms with Crippen LogP contribution in [0.4, 0.5) is 11.5 Å². The molecule has 2 aromatic rings. The zero-order chi connectivity index (χ0) is 17.6. The Balaban J connectivity index is 1.74. The van der Waals surface area contributed by atoms with Crippen molar-refractivity contribution in [2.45, 2.75) is 26.3 Å². The third kappa shape index (κ3) is 4.21. The number of guanidine groups is 1. The molecule has 0 radical (unpaired) electrons. The van der Waals surface area contributed by atoms with Gasteiger partial charge in [0.05, 0.1) is 19.3 Å². The van der Waals surface area contributed by atoms with E-state index in [2.05, 4.69) is 21.3 Å². The first-order chi connectivity index (χ1) is 12.2. The first kappa shape index (κ1) is 17.1. The second-order valence-corrected chi connectivity index (χ2v) is 6.16. The topological polar surface area (TPSA) is 75.8 Å². The molecular weight excluding hydrogens is 314 g/mol. The van der Waals surface area contributed by atoms with E-state index < -0.39 is 0 Å². The standard InChI is InChI=1S/C19H25N5O/c1-14-9-10-15(18(22-14)24-11-5-6-12-24)13-21-19(20)23-16-7-3-4-8-17(16)25-2/h3-4,7-10H,5-6,11-13H2,1-2H3,(H3,20,21,23). The molecule has 0 atom stereocenters. The molecule has 0 saturated carbocycles. The zero-order valence-electron chi connectivity index (χ0n) is 14.8. The number of benzene rings is 1. The summed E-state index contributed by atoms with van der Waals surface area (Å²) in [5, 5.41) is 3.10. The molecule has 0 unspecified atom stereocenters. The first-order valence-corrected chi connectivity index (χ1v) is 8.59. The Hall–Kier alpha value is -2.76. The summed E-state index contributed by atoms with van der Waals surface area (Å²) in [6.07, 6.45) is 2.44. The van der Waals surface area contributed by atoms with Crippen LogP contribution in [0.2, 0.25) is 0 Å². The van der Waals surface area contributed by atoms with E-state index >= 15 is 0 Å². The number of anilines is 2. The second-order valence-electron chi connectivity index (χ2n) is 6.16. The van der Waals surface area contributed by atoms with Crippen LogP contribution in [-0.4, -0.2) is 31.1 Å². The zero-order valence-corrected chi connectivity index (χ0v) is 14.8. The maximum atomic E-state index is 6.06. The van der Waals surface area contributed by atoms with Crippen LogP contribution in [0.1, 0.15) is 24.1 Å². The molecule has 6 heteroatoms. The van der Waals surface area contributed by atoms with Crippen LogP contribution in [0, 0.1) is 6.92 Å². The van der Waals surface area contributed by atoms with Crippen LogP contribution in [0.15, 0.2) is 41.4 Å². The molecule has 0 spiro atoms. The number of aromatic nitrogens is 1. The number of nitrogens with two attached hydrogens (primary N) is 1. The molecular formula is C19H25N5O. The van der Waals surface area contributed by atoms with E-state index in [0.717, 1.165) is 41.6 Å². The molecule has 1 aromatic carbocycles. The Labute approximate surface area is 148 Å². The van der Waals surface area contributed by atoms with Crippen LogP contribution in [0.25, 0.3) is 0 Å². The highest BCUT2D eigenvalue weighted by Gasteiger charge is 2.17. The quantitative estimate of drug-likeness (QED) is 0.647. The van der Waals surface area contributed by atoms with E-state index in [-0.39, 0.29) is 0 Å². The number of nitrogens with zero attached hydrogens (tertiary/aromatic N) is 3. The highest BCUT2D eigenvalue weighted by Crippen LogP contribution is 2.24. The molecule has 1 aliphatic heterocycles. The minimum absolute atomic E-state index is 0.359. The molecule has 0 aliphatic carbocycles. The second kappa shape index (κ2) is 7.88. The summed E-state index contributed by atoms with van der Waals surface area (Å²) in [6.45, 7) is 4.63. The predicted octanol–water partition coefficient (Wildman–Crippen LogP) is 2.93. The van der Waals surface area contributed by atoms with Crippen molar-refractivity contribution in [2.75, 3.05) is 30.4 Å². The van der Waals surface area contributed by atoms with Crippen molar-refractivity contribution in [2.24, 2.45) is 10.7 Å². The number of para-hydroxylation sites is 2. The average molecular weight is 339 g/mol. The summed E-state index contributed by atoms with van der Waals surface area (Å²) in [4.78, 5) is 11.5. The minimum atomic E-state index is 0.359. The molecule has 1 aromatic heterocycles. The van der Waals surface area contributed by atoms with Crippen molar-refractivity contribution in [1.29, 1.82) is 0 Å². The van der Waals surface area contributed by atoms with Gasteiger partial charge in [-0.05, 0) is 38.0 Å². The van der Waals surface area contributed by atoms with Crippen molar-refractivity contribution < 1.29 is 4.74 Å². The number of pyridine rings is 1. The highest BCUT2D eigenvalue weighted by molar-refractivity contribution is 5.93. The predicted molar refractivity (Wildman–Crippen MR) is 102 cm³/mol. The van der Waals surface area contributed by atoms with Gasteiger partial charge in [-0.1, -0.05) is 18.2 Å². The molecule has 0 bridgehead atoms. The Kier molecular flexibility index (Phi) is 5.38. The van der Waals surface area contributed by atoms with Crippen LogP contribution in [0.5, 0.6) is 5.75 Å². The van der Waals surface area contributed by atoms with Crippen LogP contribution in [-0.2, 0) is 6.54 Å². The number of nitrogens with one attached hydrogen (secondary N) is 1. The van der Waals surface area contributed by atoms with Crippen molar-refractivity contribution in [3.63, 3.8) is 0 Å². The number of aliphatic imine (C=N–C) groups is 1. The normalized spacial score (nSPS) is 14.6. The van der Waals surface area contributed by atoms with Gasteiger partial charge in [0.1, 0.15) is 11.6 Å². The molecule has 2 heterocycles. The van der Waals surface area contributed by atoms with Crippen molar-refractivity contribution in [1.82, 2.24) is 4.98 Å². The summed E-state index contributed by atoms with van der Waals surface area (Å²) in [5.74, 6) is 2.12. The summed E-state index contributed by atoms with van der Waals surface area (Å²) in [7, 11) is 1.63. The fraction of sp³-hybridized carbons (Fsp3) is 0.368. The maximum Gasteiger partial charge on any atom is 0.193 e. The summed E-state index contributed by atoms with van der Waals surface area (Å²) >= 11 is 0. The van der Waals surface area contributed by atoms with Gasteiger partial charge >= 0.3 is 0 Å². The Morgan fingerprint density at radius 3 is 2.76 bits per heavy atom. The van der Waals surface area contributed by atoms with Crippen molar-refractivity contribution in [3.8, 4) is 5.75 Å². The van der Waals surface area contributed by atoms with E-state index in [1.807, 2.05) is 37.3 Å². The van der Waals surface area contributed by atoms with E-state index in [1.54, 1.807) is 7.11 Å². The number of ether oxygens (including phenoxy) is 1. The Bertz CT molecular complexity index is 753. The number of hydrogen-bond acceptors (Lipinski definition) is 4. The molecule has 1 saturated heterocycles. The van der Waals surface area contributed by atoms with E-state index in [4.69, 9.17) is 15.5 Å². The summed E-state index contributed by atoms with van der Waals surface area (Å²) in [5.41, 5.74) is 8.98. The van der Waals surface area contributed by atoms with E-state index in [1.165, 1.54) is 12.8 Å². The monoisotopic (exact) mass is 339 g/mol. The van der Waals surface area contributed by atoms with E-state index in [0.29, 0.717) is 12.5 Å². The van der Waals surface area contributed by atoms with Gasteiger partial charge in [0.25, 0.3) is 0 Å². The number of hydrogen-bond donors (Lipinski definition) is 2. The van der Waals surface area contributed by atoms with E-state index in [9.17, 15) is 0 Å². The number of aryl methyl sites for hydroxylation is 1. The molecule has 132 valence electrons. The van der Waals surface area contributed by atoms with Gasteiger partial charge in [0.15, 0.2) is 5.96 Å². The maximum absolute atomic E-state index is 6.06. The molecule has 25 heavy (non-hydrogen) atoms. The first-order valence-electron chi connectivity index (χ1n) is 8.59. The SMILES string of the molecule is COc1ccccc1NC(N)=NCc1ccc(C)nc1N1CCCC1. The van der Waals surface area contributed by atoms with Crippen molar-refractivity contribution >= 4 is 17.5 Å². The van der Waals surface area contributed by atoms with Gasteiger partial charge in [-0.3, -0.25) is 0 Å². The van der Waals surface area contributed by atoms with Crippen molar-refractivity contribution in [3.05, 3.63) is 47.7 Å². The van der Waals surface area contributed by atoms with Gasteiger partial charge < -0.3 is 20.7 Å². The minimum Gasteiger partial charge on any atom is -0.495 e. The van der Waals surface area contributed by atoms with Crippen LogP contribution < -0.4 is 20.7 Å². The third-order valence-electron chi connectivity index (χ3n) is 4.29. The lowest BCUT2D eigenvalue weighted by atomic mass is 10.2. The Morgan fingerprint density at radius 2 is 2.00 bits per heavy atom. The molecule has 1 aliphatic rings. The van der Waals surface area contributed by atoms with Gasteiger partial charge in [-0.2, -0.15) is 0 Å². The van der Waals surface area contributed by atoms with Crippen LogP contribution in [0.3, 0.4) is 0 Å². The largest absolute Gasteiger partial charge is 0.495 e. The number of methoxy groups -OCH3 is 1. The van der Waals surface area contributed by atoms with Gasteiger partial charge in [0, 0.05) is 24.3 Å². The summed E-state index contributed by atoms with van der Waals surface area (Å²) < 4.78 is 5.32. The average Bonchev–Trinajstić information content (AvgIpc) is 3.15. The highest BCUT2D eigenvalue weighted by atomic mass is 16.5. The Morgan fingerprint density at radius 1 is 1.24 bits per heavy atom. The molecule has 3 rings (SSSR count). The molecule has 3 N–H and O–H groups in total. The fourth-order valence-electron chi connectivity index (χ4n) is 2.99. The lowest BCUT2D eigenvalue weighted by Crippen LogP contribution is -2.24. The van der Waals surface area contributed by atoms with Gasteiger partial charge in [-0.15, -0.1) is 0 Å². The van der Waals surface area contributed by atoms with Gasteiger partial charge in [-0.25, -0.2) is 9.98 Å². The summed E-state index contributed by atoms with van der Waals surface area (Å²) in [6, 6.07) is 11.7. The van der Waals surface area contributed by atoms with Crippen LogP contribution >= 0.6 is 0 Å². The number of rotatable bonds is 5.